The number of nitriles is 2. The quantitative estimate of drug-likeness (QED) is 0.0664. The van der Waals surface area contributed by atoms with Gasteiger partial charge in [0.25, 0.3) is 11.8 Å². The SMILES string of the molecule is CC(C)(C)OC(=O)C[N+]1(C)CCC(C(=O)N(CCCN2CC3=C(C2=O)[C@@H](c2ccc(C#N)cc2)NC(=O)N3c2cccc(C(F)(F)F)c2)CCCN2CC3=C(C2=O)[C@@H](c2ccc(C#N)cc2)NC(=O)N3c2cccc(C(F)(F)F)c2)CC1. The summed E-state index contributed by atoms with van der Waals surface area (Å²) in [5, 5.41) is 24.5. The third kappa shape index (κ3) is 12.3. The highest BCUT2D eigenvalue weighted by Crippen LogP contribution is 2.43. The number of amides is 7. The number of esters is 1. The summed E-state index contributed by atoms with van der Waals surface area (Å²) in [5.74, 6) is -2.08. The first-order valence-electron chi connectivity index (χ1n) is 26.7. The molecular weight excluding hydrogens is 1070 g/mol. The van der Waals surface area contributed by atoms with Gasteiger partial charge in [0.05, 0.1) is 114 Å². The van der Waals surface area contributed by atoms with Gasteiger partial charge in [0.2, 0.25) is 5.91 Å². The summed E-state index contributed by atoms with van der Waals surface area (Å²) in [6.45, 7) is 6.28. The van der Waals surface area contributed by atoms with Crippen molar-refractivity contribution in [2.45, 2.75) is 76.5 Å². The normalized spacial score (nSPS) is 21.2. The third-order valence-electron chi connectivity index (χ3n) is 15.3. The van der Waals surface area contributed by atoms with Crippen molar-refractivity contribution in [1.82, 2.24) is 25.3 Å². The van der Waals surface area contributed by atoms with E-state index in [-0.39, 0.29) is 104 Å². The Morgan fingerprint density at radius 2 is 1.07 bits per heavy atom. The van der Waals surface area contributed by atoms with Crippen molar-refractivity contribution in [2.24, 2.45) is 5.92 Å². The van der Waals surface area contributed by atoms with E-state index >= 15 is 0 Å². The lowest BCUT2D eigenvalue weighted by Crippen LogP contribution is -2.55. The minimum absolute atomic E-state index is 0.0280. The van der Waals surface area contributed by atoms with E-state index < -0.39 is 71.0 Å². The molecule has 0 saturated carbocycles. The Morgan fingerprint density at radius 3 is 1.45 bits per heavy atom. The van der Waals surface area contributed by atoms with Gasteiger partial charge in [-0.05, 0) is 105 Å². The monoisotopic (exact) mass is 1130 g/mol. The van der Waals surface area contributed by atoms with E-state index in [2.05, 4.69) is 10.6 Å². The number of hydrogen-bond acceptors (Lipinski definition) is 9. The number of carbonyl (C=O) groups excluding carboxylic acids is 6. The van der Waals surface area contributed by atoms with Crippen LogP contribution in [-0.2, 0) is 36.3 Å². The van der Waals surface area contributed by atoms with Crippen molar-refractivity contribution in [3.05, 3.63) is 153 Å². The molecule has 5 aliphatic heterocycles. The molecule has 0 radical (unpaired) electrons. The van der Waals surface area contributed by atoms with Crippen molar-refractivity contribution < 1.29 is 64.3 Å². The van der Waals surface area contributed by atoms with Crippen LogP contribution in [0, 0.1) is 28.6 Å². The number of hydrogen-bond donors (Lipinski definition) is 2. The fourth-order valence-electron chi connectivity index (χ4n) is 11.3. The summed E-state index contributed by atoms with van der Waals surface area (Å²) >= 11 is 0. The molecule has 9 rings (SSSR count). The number of ether oxygens (including phenoxy) is 1. The maximum Gasteiger partial charge on any atom is 0.416 e. The molecular formula is C59H59F6N10O7+. The van der Waals surface area contributed by atoms with Crippen LogP contribution in [0.3, 0.4) is 0 Å². The number of piperidine rings is 1. The number of halogens is 6. The summed E-state index contributed by atoms with van der Waals surface area (Å²) in [7, 11) is 1.93. The number of rotatable bonds is 15. The molecule has 2 N–H and O–H groups in total. The van der Waals surface area contributed by atoms with E-state index in [9.17, 15) is 65.6 Å². The first-order chi connectivity index (χ1) is 38.8. The lowest BCUT2D eigenvalue weighted by molar-refractivity contribution is -0.908. The molecule has 0 unspecified atom stereocenters. The van der Waals surface area contributed by atoms with Gasteiger partial charge in [-0.1, -0.05) is 36.4 Å². The Bertz CT molecular complexity index is 3160. The molecule has 428 valence electrons. The second-order valence-corrected chi connectivity index (χ2v) is 22.3. The second-order valence-electron chi connectivity index (χ2n) is 22.3. The molecule has 17 nitrogen and oxygen atoms in total. The second kappa shape index (κ2) is 22.7. The molecule has 4 aromatic carbocycles. The van der Waals surface area contributed by atoms with Crippen LogP contribution in [0.25, 0.3) is 0 Å². The number of quaternary nitrogens is 1. The van der Waals surface area contributed by atoms with Crippen LogP contribution in [0.2, 0.25) is 0 Å². The van der Waals surface area contributed by atoms with E-state index in [0.29, 0.717) is 52.7 Å². The minimum Gasteiger partial charge on any atom is -0.456 e. The van der Waals surface area contributed by atoms with Crippen LogP contribution in [0.5, 0.6) is 0 Å². The number of likely N-dealkylation sites (N-methyl/N-ethyl adjacent to an activating group) is 1. The Balaban J connectivity index is 0.956. The van der Waals surface area contributed by atoms with Gasteiger partial charge in [0, 0.05) is 44.9 Å². The van der Waals surface area contributed by atoms with Gasteiger partial charge in [-0.15, -0.1) is 0 Å². The molecule has 0 aromatic heterocycles. The average molecular weight is 1130 g/mol. The largest absolute Gasteiger partial charge is 0.456 e. The van der Waals surface area contributed by atoms with Gasteiger partial charge in [-0.3, -0.25) is 24.2 Å². The Morgan fingerprint density at radius 1 is 0.659 bits per heavy atom. The van der Waals surface area contributed by atoms with Crippen molar-refractivity contribution in [3.8, 4) is 12.1 Å². The maximum atomic E-state index is 14.8. The standard InChI is InChI=1S/C59H58F6N10O7/c1-57(2,3)82-47(76)35-75(4)27-21-40(22-28-75)52(77)70(23-7-25-71-33-45-48(53(71)78)50(38-17-13-36(31-66)14-18-38)68-55(80)73(45)43-11-5-9-41(29-43)58(60,61)62)24-8-26-72-34-46-49(54(72)79)51(39-19-15-37(32-67)16-20-39)69-56(81)74(46)44-12-6-10-42(30-44)59(63,64)65/h5-6,9-20,29-30,40,50-51H,7-8,21-28,33-35H2,1-4H3,(H-,68,69,80,81)/p+1/t40?,50-,51-,75?/m1/s1. The fourth-order valence-corrected chi connectivity index (χ4v) is 11.3. The minimum atomic E-state index is -4.74. The highest BCUT2D eigenvalue weighted by molar-refractivity contribution is 6.08. The molecule has 82 heavy (non-hydrogen) atoms. The zero-order valence-electron chi connectivity index (χ0n) is 45.4. The summed E-state index contributed by atoms with van der Waals surface area (Å²) in [6.07, 6.45) is -8.27. The van der Waals surface area contributed by atoms with Gasteiger partial charge in [-0.2, -0.15) is 36.9 Å². The number of anilines is 2. The van der Waals surface area contributed by atoms with Crippen LogP contribution < -0.4 is 20.4 Å². The van der Waals surface area contributed by atoms with Gasteiger partial charge < -0.3 is 34.6 Å². The van der Waals surface area contributed by atoms with Gasteiger partial charge in [0.15, 0.2) is 6.54 Å². The smallest absolute Gasteiger partial charge is 0.416 e. The summed E-state index contributed by atoms with van der Waals surface area (Å²) in [6, 6.07) is 21.2. The average Bonchev–Trinajstić information content (AvgIpc) is 2.52. The fraction of sp³-hybridized carbons (Fsp3) is 0.390. The zero-order valence-corrected chi connectivity index (χ0v) is 45.4. The number of benzene rings is 4. The Kier molecular flexibility index (Phi) is 16.0. The summed E-state index contributed by atoms with van der Waals surface area (Å²) in [5.41, 5.74) is -0.889. The molecule has 5 aliphatic rings. The lowest BCUT2D eigenvalue weighted by Gasteiger charge is -2.41. The molecule has 0 aliphatic carbocycles. The number of urea groups is 2. The van der Waals surface area contributed by atoms with Crippen LogP contribution >= 0.6 is 0 Å². The maximum absolute atomic E-state index is 14.8. The number of nitrogens with one attached hydrogen (secondary N) is 2. The third-order valence-corrected chi connectivity index (χ3v) is 15.3. The van der Waals surface area contributed by atoms with E-state index in [1.165, 1.54) is 46.2 Å². The van der Waals surface area contributed by atoms with E-state index in [1.807, 2.05) is 19.2 Å². The first kappa shape index (κ1) is 58.0. The number of carbonyl (C=O) groups is 6. The predicted molar refractivity (Wildman–Crippen MR) is 285 cm³/mol. The van der Waals surface area contributed by atoms with Crippen LogP contribution in [0.1, 0.15) is 91.9 Å². The van der Waals surface area contributed by atoms with E-state index in [4.69, 9.17) is 4.74 Å². The lowest BCUT2D eigenvalue weighted by atomic mass is 9.93. The van der Waals surface area contributed by atoms with Crippen LogP contribution in [0.15, 0.2) is 120 Å². The summed E-state index contributed by atoms with van der Waals surface area (Å²) < 4.78 is 90.0. The van der Waals surface area contributed by atoms with E-state index in [0.717, 1.165) is 46.2 Å². The topological polar surface area (TPSA) is 199 Å². The van der Waals surface area contributed by atoms with Gasteiger partial charge in [0.1, 0.15) is 5.60 Å². The van der Waals surface area contributed by atoms with Crippen molar-refractivity contribution in [3.63, 3.8) is 0 Å². The molecule has 5 heterocycles. The Hall–Kier alpha value is -8.70. The van der Waals surface area contributed by atoms with Crippen molar-refractivity contribution in [1.29, 1.82) is 10.5 Å². The zero-order chi connectivity index (χ0) is 59.1. The molecule has 0 spiro atoms. The molecule has 23 heteroatoms. The van der Waals surface area contributed by atoms with Crippen molar-refractivity contribution >= 4 is 47.1 Å². The van der Waals surface area contributed by atoms with Gasteiger partial charge in [-0.25, -0.2) is 14.4 Å². The summed E-state index contributed by atoms with van der Waals surface area (Å²) in [4.78, 5) is 91.7. The van der Waals surface area contributed by atoms with Crippen molar-refractivity contribution in [2.75, 3.05) is 75.8 Å². The highest BCUT2D eigenvalue weighted by atomic mass is 19.4. The number of likely N-dealkylation sites (tertiary alicyclic amines) is 1. The predicted octanol–water partition coefficient (Wildman–Crippen LogP) is 8.71. The van der Waals surface area contributed by atoms with Crippen LogP contribution in [0.4, 0.5) is 47.3 Å². The van der Waals surface area contributed by atoms with Crippen LogP contribution in [-0.4, -0.2) is 126 Å². The first-order valence-corrected chi connectivity index (χ1v) is 26.7. The molecule has 2 atom stereocenters. The molecule has 1 fully saturated rings. The Labute approximate surface area is 469 Å². The molecule has 4 aromatic rings. The molecule has 1 saturated heterocycles. The number of nitrogens with zero attached hydrogens (tertiary/aromatic N) is 8. The van der Waals surface area contributed by atoms with E-state index in [1.54, 1.807) is 49.9 Å². The molecule has 7 amide bonds. The molecule has 0 bridgehead atoms. The number of alkyl halides is 6. The van der Waals surface area contributed by atoms with Gasteiger partial charge >= 0.3 is 30.4 Å². The highest BCUT2D eigenvalue weighted by Gasteiger charge is 2.47.